The van der Waals surface area contributed by atoms with Gasteiger partial charge < -0.3 is 0 Å². The van der Waals surface area contributed by atoms with Crippen molar-refractivity contribution in [2.24, 2.45) is 0 Å². The Morgan fingerprint density at radius 1 is 1.50 bits per heavy atom. The summed E-state index contributed by atoms with van der Waals surface area (Å²) in [6.07, 6.45) is 8.95. The third kappa shape index (κ3) is 2.55. The average molecular weight is 159 g/mol. The molecule has 0 aliphatic carbocycles. The Kier molecular flexibility index (Phi) is 3.04. The first-order valence-electron chi connectivity index (χ1n) is 3.67. The van der Waals surface area contributed by atoms with Crippen LogP contribution in [-0.4, -0.2) is 10.8 Å². The Morgan fingerprint density at radius 3 is 2.75 bits per heavy atom. The third-order valence-electron chi connectivity index (χ3n) is 1.45. The Hall–Kier alpha value is -1.62. The lowest BCUT2D eigenvalue weighted by Crippen LogP contribution is -2.00. The Labute approximate surface area is 71.6 Å². The molecule has 0 aromatic carbocycles. The molecule has 0 unspecified atom stereocenters. The smallest absolute Gasteiger partial charge is 0.149 e. The van der Waals surface area contributed by atoms with Crippen molar-refractivity contribution in [1.29, 1.82) is 0 Å². The van der Waals surface area contributed by atoms with E-state index in [1.807, 2.05) is 12.1 Å². The molecule has 2 heteroatoms. The number of carbonyl (C=O) groups is 1. The first kappa shape index (κ1) is 8.48. The predicted molar refractivity (Wildman–Crippen MR) is 46.4 cm³/mol. The number of terminal acetylenes is 1. The zero-order chi connectivity index (χ0) is 8.81. The molecule has 0 amide bonds. The van der Waals surface area contributed by atoms with Crippen LogP contribution in [0.15, 0.2) is 24.5 Å². The molecule has 0 atom stereocenters. The number of hydrogen-bond acceptors (Lipinski definition) is 2. The van der Waals surface area contributed by atoms with Crippen molar-refractivity contribution < 1.29 is 4.79 Å². The summed E-state index contributed by atoms with van der Waals surface area (Å²) in [6.45, 7) is 0. The normalized spacial score (nSPS) is 8.92. The Morgan fingerprint density at radius 2 is 2.17 bits per heavy atom. The molecule has 1 aromatic heterocycles. The second-order valence-electron chi connectivity index (χ2n) is 2.45. The van der Waals surface area contributed by atoms with Crippen LogP contribution in [-0.2, 0) is 11.2 Å². The molecule has 60 valence electrons. The molecule has 0 bridgehead atoms. The van der Waals surface area contributed by atoms with Crippen LogP contribution < -0.4 is 0 Å². The summed E-state index contributed by atoms with van der Waals surface area (Å²) in [7, 11) is 0. The van der Waals surface area contributed by atoms with Gasteiger partial charge >= 0.3 is 0 Å². The number of aromatic nitrogens is 1. The Balaban J connectivity index is 2.54. The van der Waals surface area contributed by atoms with Gasteiger partial charge in [-0.05, 0) is 17.7 Å². The third-order valence-corrected chi connectivity index (χ3v) is 1.45. The van der Waals surface area contributed by atoms with E-state index in [2.05, 4.69) is 10.9 Å². The van der Waals surface area contributed by atoms with Crippen molar-refractivity contribution in [3.63, 3.8) is 0 Å². The van der Waals surface area contributed by atoms with Gasteiger partial charge in [-0.1, -0.05) is 5.92 Å². The van der Waals surface area contributed by atoms with Gasteiger partial charge in [0.05, 0.1) is 6.42 Å². The van der Waals surface area contributed by atoms with Crippen LogP contribution in [0.1, 0.15) is 12.0 Å². The summed E-state index contributed by atoms with van der Waals surface area (Å²) in [5.41, 5.74) is 0.963. The SMILES string of the molecule is C#CCC(=O)Cc1ccncc1. The largest absolute Gasteiger partial charge is 0.298 e. The van der Waals surface area contributed by atoms with Gasteiger partial charge in [-0.15, -0.1) is 6.42 Å². The molecule has 2 nitrogen and oxygen atoms in total. The maximum absolute atomic E-state index is 11.0. The molecule has 0 radical (unpaired) electrons. The zero-order valence-electron chi connectivity index (χ0n) is 6.66. The molecule has 0 fully saturated rings. The summed E-state index contributed by atoms with van der Waals surface area (Å²) in [4.78, 5) is 14.9. The van der Waals surface area contributed by atoms with E-state index in [0.29, 0.717) is 6.42 Å². The molecule has 0 N–H and O–H groups in total. The standard InChI is InChI=1S/C10H9NO/c1-2-3-10(12)8-9-4-6-11-7-5-9/h1,4-7H,3,8H2. The number of hydrogen-bond donors (Lipinski definition) is 0. The van der Waals surface area contributed by atoms with E-state index in [0.717, 1.165) is 5.56 Å². The molecular weight excluding hydrogens is 150 g/mol. The maximum Gasteiger partial charge on any atom is 0.149 e. The second-order valence-corrected chi connectivity index (χ2v) is 2.45. The fourth-order valence-electron chi connectivity index (χ4n) is 0.905. The quantitative estimate of drug-likeness (QED) is 0.620. The highest BCUT2D eigenvalue weighted by Gasteiger charge is 2.00. The average Bonchev–Trinajstić information content (AvgIpc) is 2.06. The van der Waals surface area contributed by atoms with Crippen LogP contribution in [0.3, 0.4) is 0 Å². The van der Waals surface area contributed by atoms with Gasteiger partial charge in [0.15, 0.2) is 0 Å². The maximum atomic E-state index is 11.0. The monoisotopic (exact) mass is 159 g/mol. The van der Waals surface area contributed by atoms with E-state index in [9.17, 15) is 4.79 Å². The highest BCUT2D eigenvalue weighted by atomic mass is 16.1. The van der Waals surface area contributed by atoms with Gasteiger partial charge in [0, 0.05) is 18.8 Å². The molecule has 0 saturated heterocycles. The first-order chi connectivity index (χ1) is 5.83. The molecule has 12 heavy (non-hydrogen) atoms. The highest BCUT2D eigenvalue weighted by Crippen LogP contribution is 1.99. The van der Waals surface area contributed by atoms with E-state index in [1.54, 1.807) is 12.4 Å². The number of nitrogens with zero attached hydrogens (tertiary/aromatic N) is 1. The Bertz CT molecular complexity index is 297. The first-order valence-corrected chi connectivity index (χ1v) is 3.67. The molecule has 0 aliphatic rings. The number of pyridine rings is 1. The lowest BCUT2D eigenvalue weighted by molar-refractivity contribution is -0.117. The van der Waals surface area contributed by atoms with Crippen LogP contribution in [0.5, 0.6) is 0 Å². The lowest BCUT2D eigenvalue weighted by Gasteiger charge is -1.95. The van der Waals surface area contributed by atoms with Gasteiger partial charge in [-0.2, -0.15) is 0 Å². The molecular formula is C10H9NO. The minimum Gasteiger partial charge on any atom is -0.298 e. The summed E-state index contributed by atoms with van der Waals surface area (Å²) >= 11 is 0. The van der Waals surface area contributed by atoms with E-state index in [4.69, 9.17) is 6.42 Å². The van der Waals surface area contributed by atoms with Crippen LogP contribution >= 0.6 is 0 Å². The van der Waals surface area contributed by atoms with Gasteiger partial charge in [-0.25, -0.2) is 0 Å². The molecule has 1 heterocycles. The van der Waals surface area contributed by atoms with E-state index < -0.39 is 0 Å². The predicted octanol–water partition coefficient (Wildman–Crippen LogP) is 1.22. The fraction of sp³-hybridized carbons (Fsp3) is 0.200. The topological polar surface area (TPSA) is 30.0 Å². The lowest BCUT2D eigenvalue weighted by atomic mass is 10.1. The fourth-order valence-corrected chi connectivity index (χ4v) is 0.905. The van der Waals surface area contributed by atoms with Crippen molar-refractivity contribution in [3.8, 4) is 12.3 Å². The molecule has 0 spiro atoms. The number of carbonyl (C=O) groups excluding carboxylic acids is 1. The minimum absolute atomic E-state index is 0.0729. The van der Waals surface area contributed by atoms with E-state index in [-0.39, 0.29) is 12.2 Å². The van der Waals surface area contributed by atoms with Gasteiger partial charge in [-0.3, -0.25) is 9.78 Å². The van der Waals surface area contributed by atoms with Crippen LogP contribution in [0.4, 0.5) is 0 Å². The summed E-state index contributed by atoms with van der Waals surface area (Å²) in [5, 5.41) is 0. The van der Waals surface area contributed by atoms with Crippen molar-refractivity contribution in [2.45, 2.75) is 12.8 Å². The summed E-state index contributed by atoms with van der Waals surface area (Å²) in [6, 6.07) is 3.63. The number of Topliss-reactive ketones (excluding diaryl/α,β-unsaturated/α-hetero) is 1. The zero-order valence-corrected chi connectivity index (χ0v) is 6.66. The minimum atomic E-state index is 0.0729. The second kappa shape index (κ2) is 4.30. The van der Waals surface area contributed by atoms with Crippen molar-refractivity contribution in [1.82, 2.24) is 4.98 Å². The number of rotatable bonds is 3. The molecule has 1 aromatic rings. The number of ketones is 1. The summed E-state index contributed by atoms with van der Waals surface area (Å²) in [5.74, 6) is 2.40. The molecule has 1 rings (SSSR count). The van der Waals surface area contributed by atoms with E-state index >= 15 is 0 Å². The van der Waals surface area contributed by atoms with Crippen LogP contribution in [0, 0.1) is 12.3 Å². The van der Waals surface area contributed by atoms with Crippen molar-refractivity contribution in [3.05, 3.63) is 30.1 Å². The molecule has 0 aliphatic heterocycles. The van der Waals surface area contributed by atoms with Gasteiger partial charge in [0.2, 0.25) is 0 Å². The van der Waals surface area contributed by atoms with Crippen molar-refractivity contribution >= 4 is 5.78 Å². The highest BCUT2D eigenvalue weighted by molar-refractivity contribution is 5.82. The van der Waals surface area contributed by atoms with Gasteiger partial charge in [0.1, 0.15) is 5.78 Å². The van der Waals surface area contributed by atoms with Crippen molar-refractivity contribution in [2.75, 3.05) is 0 Å². The molecule has 0 saturated carbocycles. The van der Waals surface area contributed by atoms with Gasteiger partial charge in [0.25, 0.3) is 0 Å². The van der Waals surface area contributed by atoms with Crippen LogP contribution in [0.25, 0.3) is 0 Å². The van der Waals surface area contributed by atoms with Crippen LogP contribution in [0.2, 0.25) is 0 Å². The summed E-state index contributed by atoms with van der Waals surface area (Å²) < 4.78 is 0. The van der Waals surface area contributed by atoms with E-state index in [1.165, 1.54) is 0 Å².